The van der Waals surface area contributed by atoms with Gasteiger partial charge >= 0.3 is 0 Å². The van der Waals surface area contributed by atoms with Gasteiger partial charge in [0.15, 0.2) is 5.96 Å². The second-order valence-corrected chi connectivity index (χ2v) is 7.70. The number of nitrogens with zero attached hydrogens (tertiary/aromatic N) is 2. The first-order valence-corrected chi connectivity index (χ1v) is 7.93. The predicted octanol–water partition coefficient (Wildman–Crippen LogP) is 0.338. The molecule has 0 aromatic heterocycles. The van der Waals surface area contributed by atoms with Gasteiger partial charge in [-0.25, -0.2) is 8.42 Å². The lowest BCUT2D eigenvalue weighted by molar-refractivity contribution is 0.370. The van der Waals surface area contributed by atoms with Crippen molar-refractivity contribution < 1.29 is 8.42 Å². The van der Waals surface area contributed by atoms with E-state index in [0.717, 1.165) is 25.5 Å². The number of aliphatic imine (C=N–C) groups is 1. The summed E-state index contributed by atoms with van der Waals surface area (Å²) in [6.45, 7) is 6.83. The highest BCUT2D eigenvalue weighted by Gasteiger charge is 2.30. The van der Waals surface area contributed by atoms with Gasteiger partial charge in [-0.05, 0) is 11.8 Å². The predicted molar refractivity (Wildman–Crippen MR) is 71.0 cm³/mol. The first-order chi connectivity index (χ1) is 7.73. The van der Waals surface area contributed by atoms with E-state index in [-0.39, 0.29) is 5.75 Å². The molecule has 0 atom stereocenters. The maximum absolute atomic E-state index is 11.0. The molecule has 1 N–H and O–H groups in total. The topological polar surface area (TPSA) is 61.8 Å². The van der Waals surface area contributed by atoms with Gasteiger partial charge in [-0.15, -0.1) is 0 Å². The summed E-state index contributed by atoms with van der Waals surface area (Å²) in [7, 11) is -1.18. The highest BCUT2D eigenvalue weighted by Crippen LogP contribution is 2.28. The van der Waals surface area contributed by atoms with Crippen LogP contribution in [0.2, 0.25) is 0 Å². The van der Waals surface area contributed by atoms with Crippen LogP contribution in [0.15, 0.2) is 4.99 Å². The largest absolute Gasteiger partial charge is 0.355 e. The number of hydrogen-bond acceptors (Lipinski definition) is 3. The Hall–Kier alpha value is -0.780. The molecule has 0 aromatic carbocycles. The van der Waals surface area contributed by atoms with Crippen molar-refractivity contribution in [1.82, 2.24) is 10.2 Å². The molecule has 1 heterocycles. The molecule has 0 unspecified atom stereocenters. The van der Waals surface area contributed by atoms with Crippen LogP contribution in [0.1, 0.15) is 20.3 Å². The normalized spacial score (nSPS) is 20.7. The second-order valence-electron chi connectivity index (χ2n) is 5.44. The zero-order valence-corrected chi connectivity index (χ0v) is 12.0. The lowest BCUT2D eigenvalue weighted by atomic mass is 9.93. The molecule has 0 bridgehead atoms. The van der Waals surface area contributed by atoms with E-state index >= 15 is 0 Å². The van der Waals surface area contributed by atoms with Crippen molar-refractivity contribution in [2.75, 3.05) is 38.7 Å². The SMILES string of the molecule is CN=C(NCCS(C)(=O)=O)N1CCC(C)(C)C1. The van der Waals surface area contributed by atoms with E-state index in [0.29, 0.717) is 12.0 Å². The van der Waals surface area contributed by atoms with Crippen molar-refractivity contribution in [3.8, 4) is 0 Å². The maximum Gasteiger partial charge on any atom is 0.193 e. The van der Waals surface area contributed by atoms with Gasteiger partial charge in [0.1, 0.15) is 9.84 Å². The van der Waals surface area contributed by atoms with Crippen LogP contribution in [-0.4, -0.2) is 58.0 Å². The molecule has 1 fully saturated rings. The molecule has 6 heteroatoms. The molecule has 0 saturated carbocycles. The van der Waals surface area contributed by atoms with Gasteiger partial charge in [0.25, 0.3) is 0 Å². The molecule has 17 heavy (non-hydrogen) atoms. The van der Waals surface area contributed by atoms with Crippen molar-refractivity contribution >= 4 is 15.8 Å². The molecule has 0 aromatic rings. The van der Waals surface area contributed by atoms with E-state index in [1.807, 2.05) is 0 Å². The van der Waals surface area contributed by atoms with Crippen LogP contribution in [0.4, 0.5) is 0 Å². The molecule has 1 rings (SSSR count). The quantitative estimate of drug-likeness (QED) is 0.588. The van der Waals surface area contributed by atoms with Crippen LogP contribution in [0.5, 0.6) is 0 Å². The van der Waals surface area contributed by atoms with Crippen molar-refractivity contribution in [1.29, 1.82) is 0 Å². The number of guanidine groups is 1. The van der Waals surface area contributed by atoms with Crippen molar-refractivity contribution in [2.45, 2.75) is 20.3 Å². The minimum absolute atomic E-state index is 0.142. The van der Waals surface area contributed by atoms with Crippen molar-refractivity contribution in [3.63, 3.8) is 0 Å². The summed E-state index contributed by atoms with van der Waals surface area (Å²) < 4.78 is 22.1. The first kappa shape index (κ1) is 14.3. The minimum Gasteiger partial charge on any atom is -0.355 e. The number of likely N-dealkylation sites (tertiary alicyclic amines) is 1. The van der Waals surface area contributed by atoms with Gasteiger partial charge in [-0.3, -0.25) is 4.99 Å². The van der Waals surface area contributed by atoms with Crippen molar-refractivity contribution in [2.24, 2.45) is 10.4 Å². The summed E-state index contributed by atoms with van der Waals surface area (Å²) in [6, 6.07) is 0. The van der Waals surface area contributed by atoms with Crippen LogP contribution in [0, 0.1) is 5.41 Å². The highest BCUT2D eigenvalue weighted by atomic mass is 32.2. The second kappa shape index (κ2) is 5.25. The summed E-state index contributed by atoms with van der Waals surface area (Å²) >= 11 is 0. The minimum atomic E-state index is -2.91. The van der Waals surface area contributed by atoms with Crippen LogP contribution in [0.3, 0.4) is 0 Å². The van der Waals surface area contributed by atoms with Gasteiger partial charge in [-0.1, -0.05) is 13.8 Å². The summed E-state index contributed by atoms with van der Waals surface area (Å²) in [4.78, 5) is 6.37. The van der Waals surface area contributed by atoms with E-state index in [9.17, 15) is 8.42 Å². The van der Waals surface area contributed by atoms with E-state index in [4.69, 9.17) is 0 Å². The molecule has 0 aliphatic carbocycles. The van der Waals surface area contributed by atoms with Gasteiger partial charge in [0.05, 0.1) is 5.75 Å². The van der Waals surface area contributed by atoms with Crippen LogP contribution in [0.25, 0.3) is 0 Å². The number of hydrogen-bond donors (Lipinski definition) is 1. The monoisotopic (exact) mass is 261 g/mol. The Bertz CT molecular complexity index is 388. The molecule has 5 nitrogen and oxygen atoms in total. The fourth-order valence-electron chi connectivity index (χ4n) is 1.97. The Balaban J connectivity index is 2.46. The highest BCUT2D eigenvalue weighted by molar-refractivity contribution is 7.90. The molecule has 100 valence electrons. The number of sulfone groups is 1. The molecule has 0 radical (unpaired) electrons. The van der Waals surface area contributed by atoms with Gasteiger partial charge in [-0.2, -0.15) is 0 Å². The summed E-state index contributed by atoms with van der Waals surface area (Å²) in [5.41, 5.74) is 0.314. The van der Waals surface area contributed by atoms with E-state index in [1.54, 1.807) is 7.05 Å². The Morgan fingerprint density at radius 2 is 2.12 bits per heavy atom. The molecule has 1 aliphatic rings. The molecule has 0 amide bonds. The van der Waals surface area contributed by atoms with Crippen LogP contribution < -0.4 is 5.32 Å². The lowest BCUT2D eigenvalue weighted by Crippen LogP contribution is -2.42. The molecule has 1 aliphatic heterocycles. The third kappa shape index (κ3) is 4.93. The smallest absolute Gasteiger partial charge is 0.193 e. The standard InChI is InChI=1S/C11H23N3O2S/c1-11(2)5-7-14(9-11)10(12-3)13-6-8-17(4,15)16/h5-9H2,1-4H3,(H,12,13). The van der Waals surface area contributed by atoms with Crippen LogP contribution >= 0.6 is 0 Å². The third-order valence-corrected chi connectivity index (χ3v) is 3.89. The third-order valence-electron chi connectivity index (χ3n) is 2.94. The number of nitrogens with one attached hydrogen (secondary N) is 1. The maximum atomic E-state index is 11.0. The van der Waals surface area contributed by atoms with E-state index in [1.165, 1.54) is 6.26 Å². The molecular formula is C11H23N3O2S. The molecule has 1 saturated heterocycles. The fraction of sp³-hybridized carbons (Fsp3) is 0.909. The zero-order chi connectivity index (χ0) is 13.1. The Morgan fingerprint density at radius 3 is 2.53 bits per heavy atom. The fourth-order valence-corrected chi connectivity index (χ4v) is 2.45. The van der Waals surface area contributed by atoms with Gasteiger partial charge < -0.3 is 10.2 Å². The van der Waals surface area contributed by atoms with Gasteiger partial charge in [0, 0.05) is 32.9 Å². The average molecular weight is 261 g/mol. The zero-order valence-electron chi connectivity index (χ0n) is 11.2. The Kier molecular flexibility index (Phi) is 4.41. The van der Waals surface area contributed by atoms with E-state index in [2.05, 4.69) is 29.1 Å². The molecule has 0 spiro atoms. The summed E-state index contributed by atoms with van der Waals surface area (Å²) in [5.74, 6) is 0.947. The average Bonchev–Trinajstić information content (AvgIpc) is 2.52. The Morgan fingerprint density at radius 1 is 1.47 bits per heavy atom. The molecular weight excluding hydrogens is 238 g/mol. The van der Waals surface area contributed by atoms with Crippen LogP contribution in [-0.2, 0) is 9.84 Å². The number of rotatable bonds is 3. The van der Waals surface area contributed by atoms with Gasteiger partial charge in [0.2, 0.25) is 0 Å². The Labute approximate surface area is 104 Å². The summed E-state index contributed by atoms with van der Waals surface area (Å²) in [6.07, 6.45) is 2.39. The van der Waals surface area contributed by atoms with E-state index < -0.39 is 9.84 Å². The van der Waals surface area contributed by atoms with Crippen molar-refractivity contribution in [3.05, 3.63) is 0 Å². The lowest BCUT2D eigenvalue weighted by Gasteiger charge is -2.23. The first-order valence-electron chi connectivity index (χ1n) is 5.87. The summed E-state index contributed by atoms with van der Waals surface area (Å²) in [5, 5.41) is 3.10.